The maximum atomic E-state index is 13.3. The first kappa shape index (κ1) is 86.1. The van der Waals surface area contributed by atoms with Gasteiger partial charge in [0.1, 0.15) is 36.6 Å². The molecule has 9 unspecified atom stereocenters. The van der Waals surface area contributed by atoms with Crippen LogP contribution in [-0.2, 0) is 14.3 Å². The quantitative estimate of drug-likeness (QED) is 0.0272. The third-order valence-electron chi connectivity index (χ3n) is 19.9. The highest BCUT2D eigenvalue weighted by atomic mass is 16.7. The van der Waals surface area contributed by atoms with Crippen LogP contribution in [0.2, 0.25) is 0 Å². The number of carbonyl (C=O) groups excluding carboxylic acids is 1. The van der Waals surface area contributed by atoms with Crippen LogP contribution in [0.4, 0.5) is 0 Å². The molecule has 0 bridgehead atoms. The van der Waals surface area contributed by atoms with Gasteiger partial charge in [0.25, 0.3) is 0 Å². The van der Waals surface area contributed by atoms with Crippen molar-refractivity contribution in [2.75, 3.05) is 13.2 Å². The molecule has 1 amide bonds. The van der Waals surface area contributed by atoms with Gasteiger partial charge in [0.05, 0.1) is 25.4 Å². The van der Waals surface area contributed by atoms with Gasteiger partial charge in [-0.3, -0.25) is 4.79 Å². The number of rotatable bonds is 72. The number of aliphatic hydroxyl groups excluding tert-OH is 7. The lowest BCUT2D eigenvalue weighted by Crippen LogP contribution is -2.60. The van der Waals surface area contributed by atoms with E-state index in [0.717, 1.165) is 38.5 Å². The fourth-order valence-corrected chi connectivity index (χ4v) is 13.6. The predicted octanol–water partition coefficient (Wildman–Crippen LogP) is 20.4. The van der Waals surface area contributed by atoms with Crippen molar-refractivity contribution in [1.29, 1.82) is 0 Å². The van der Waals surface area contributed by atoms with Gasteiger partial charge in [0, 0.05) is 0 Å². The zero-order valence-corrected chi connectivity index (χ0v) is 59.2. The molecular formula is C78H155NO10. The van der Waals surface area contributed by atoms with Crippen molar-refractivity contribution in [3.8, 4) is 0 Å². The molecule has 1 aliphatic rings. The highest BCUT2D eigenvalue weighted by molar-refractivity contribution is 5.80. The lowest BCUT2D eigenvalue weighted by atomic mass is 9.98. The van der Waals surface area contributed by atoms with Crippen LogP contribution in [0.1, 0.15) is 425 Å². The van der Waals surface area contributed by atoms with Crippen LogP contribution in [-0.4, -0.2) is 110 Å². The highest BCUT2D eigenvalue weighted by Gasteiger charge is 2.44. The molecule has 1 aliphatic heterocycles. The van der Waals surface area contributed by atoms with E-state index >= 15 is 0 Å². The summed E-state index contributed by atoms with van der Waals surface area (Å²) in [5.74, 6) is -0.685. The number of nitrogens with one attached hydrogen (secondary N) is 1. The van der Waals surface area contributed by atoms with Crippen molar-refractivity contribution in [3.05, 3.63) is 0 Å². The summed E-state index contributed by atoms with van der Waals surface area (Å²) in [5, 5.41) is 76.8. The van der Waals surface area contributed by atoms with Crippen LogP contribution in [0.3, 0.4) is 0 Å². The van der Waals surface area contributed by atoms with E-state index in [4.69, 9.17) is 9.47 Å². The number of hydrogen-bond donors (Lipinski definition) is 8. The zero-order valence-electron chi connectivity index (χ0n) is 59.2. The second-order valence-corrected chi connectivity index (χ2v) is 28.5. The lowest BCUT2D eigenvalue weighted by Gasteiger charge is -2.40. The first-order valence-corrected chi connectivity index (χ1v) is 39.9. The van der Waals surface area contributed by atoms with Gasteiger partial charge in [-0.2, -0.15) is 0 Å². The molecular weight excluding hydrogens is 1110 g/mol. The van der Waals surface area contributed by atoms with Gasteiger partial charge < -0.3 is 50.5 Å². The molecule has 0 saturated carbocycles. The molecule has 8 N–H and O–H groups in total. The van der Waals surface area contributed by atoms with E-state index in [1.54, 1.807) is 0 Å². The Morgan fingerprint density at radius 1 is 0.348 bits per heavy atom. The second-order valence-electron chi connectivity index (χ2n) is 28.5. The molecule has 89 heavy (non-hydrogen) atoms. The van der Waals surface area contributed by atoms with Gasteiger partial charge >= 0.3 is 0 Å². The number of ether oxygens (including phenoxy) is 2. The average Bonchev–Trinajstić information content (AvgIpc) is 1.72. The van der Waals surface area contributed by atoms with E-state index in [2.05, 4.69) is 19.2 Å². The molecule has 532 valence electrons. The van der Waals surface area contributed by atoms with E-state index in [-0.39, 0.29) is 6.42 Å². The minimum Gasteiger partial charge on any atom is -0.394 e. The molecule has 0 aromatic carbocycles. The summed E-state index contributed by atoms with van der Waals surface area (Å²) in [6.45, 7) is 3.54. The average molecular weight is 1270 g/mol. The third-order valence-corrected chi connectivity index (χ3v) is 19.9. The Balaban J connectivity index is 2.12. The van der Waals surface area contributed by atoms with Crippen molar-refractivity contribution < 1.29 is 50.0 Å². The van der Waals surface area contributed by atoms with Gasteiger partial charge in [-0.15, -0.1) is 0 Å². The molecule has 0 aliphatic carbocycles. The first-order chi connectivity index (χ1) is 43.7. The Kier molecular flexibility index (Phi) is 64.9. The van der Waals surface area contributed by atoms with E-state index in [9.17, 15) is 40.5 Å². The summed E-state index contributed by atoms with van der Waals surface area (Å²) in [6.07, 6.45) is 72.2. The summed E-state index contributed by atoms with van der Waals surface area (Å²) in [4.78, 5) is 13.3. The molecule has 1 rings (SSSR count). The monoisotopic (exact) mass is 1270 g/mol. The van der Waals surface area contributed by atoms with Gasteiger partial charge in [-0.1, -0.05) is 412 Å². The minimum absolute atomic E-state index is 0.268. The fraction of sp³-hybridized carbons (Fsp3) is 0.987. The summed E-state index contributed by atoms with van der Waals surface area (Å²) in [5.41, 5.74) is 0. The van der Waals surface area contributed by atoms with Gasteiger partial charge in [0.15, 0.2) is 6.29 Å². The third kappa shape index (κ3) is 54.0. The maximum absolute atomic E-state index is 13.3. The topological polar surface area (TPSA) is 189 Å². The summed E-state index contributed by atoms with van der Waals surface area (Å²) in [6, 6.07) is -1.17. The molecule has 0 radical (unpaired) electrons. The standard InChI is InChI=1S/C78H155NO10/c1-3-5-7-9-11-13-15-17-19-21-23-25-27-29-31-33-35-36-38-39-41-43-45-47-49-51-53-55-57-59-61-63-65-70(81)73(83)69(68-88-78-76(86)75(85)74(84)72(67-80)89-78)79-77(87)71(82)66-64-62-60-58-56-54-52-50-48-46-44-42-40-37-34-32-30-28-26-24-22-20-18-16-14-12-10-8-6-4-2/h69-76,78,80-86H,3-68H2,1-2H3,(H,79,87). The van der Waals surface area contributed by atoms with Crippen molar-refractivity contribution in [1.82, 2.24) is 5.32 Å². The Morgan fingerprint density at radius 3 is 0.831 bits per heavy atom. The Labute approximate surface area is 551 Å². The largest absolute Gasteiger partial charge is 0.394 e. The molecule has 9 atom stereocenters. The molecule has 1 heterocycles. The summed E-state index contributed by atoms with van der Waals surface area (Å²) < 4.78 is 11.2. The number of aliphatic hydroxyl groups is 7. The molecule has 0 aromatic rings. The van der Waals surface area contributed by atoms with Crippen LogP contribution in [0.15, 0.2) is 0 Å². The van der Waals surface area contributed by atoms with Gasteiger partial charge in [0.2, 0.25) is 5.91 Å². The number of carbonyl (C=O) groups is 1. The number of amides is 1. The van der Waals surface area contributed by atoms with E-state index in [1.165, 1.54) is 347 Å². The SMILES string of the molecule is CCCCCCCCCCCCCCCCCCCCCCCCCCCCCCCCCCC(O)C(O)C(COC1OC(CO)C(O)C(O)C1O)NC(=O)C(O)CCCCCCCCCCCCCCCCCCCCCCCCCCCCCCCC. The van der Waals surface area contributed by atoms with Crippen LogP contribution in [0, 0.1) is 0 Å². The summed E-state index contributed by atoms with van der Waals surface area (Å²) >= 11 is 0. The van der Waals surface area contributed by atoms with Crippen LogP contribution < -0.4 is 5.32 Å². The van der Waals surface area contributed by atoms with Crippen LogP contribution >= 0.6 is 0 Å². The zero-order chi connectivity index (χ0) is 64.6. The van der Waals surface area contributed by atoms with Crippen molar-refractivity contribution in [2.24, 2.45) is 0 Å². The van der Waals surface area contributed by atoms with Crippen molar-refractivity contribution >= 4 is 5.91 Å². The van der Waals surface area contributed by atoms with E-state index in [0.29, 0.717) is 19.3 Å². The maximum Gasteiger partial charge on any atom is 0.249 e. The highest BCUT2D eigenvalue weighted by Crippen LogP contribution is 2.25. The predicted molar refractivity (Wildman–Crippen MR) is 377 cm³/mol. The van der Waals surface area contributed by atoms with Gasteiger partial charge in [-0.25, -0.2) is 0 Å². The van der Waals surface area contributed by atoms with Crippen LogP contribution in [0.5, 0.6) is 0 Å². The van der Waals surface area contributed by atoms with Gasteiger partial charge in [-0.05, 0) is 12.8 Å². The van der Waals surface area contributed by atoms with E-state index in [1.807, 2.05) is 0 Å². The molecule has 0 spiro atoms. The first-order valence-electron chi connectivity index (χ1n) is 39.9. The number of unbranched alkanes of at least 4 members (excludes halogenated alkanes) is 60. The fourth-order valence-electron chi connectivity index (χ4n) is 13.6. The van der Waals surface area contributed by atoms with Crippen molar-refractivity contribution in [2.45, 2.75) is 480 Å². The molecule has 1 fully saturated rings. The van der Waals surface area contributed by atoms with Crippen LogP contribution in [0.25, 0.3) is 0 Å². The Hall–Kier alpha value is -0.890. The minimum atomic E-state index is -1.66. The smallest absolute Gasteiger partial charge is 0.249 e. The van der Waals surface area contributed by atoms with E-state index < -0.39 is 74.2 Å². The number of hydrogen-bond acceptors (Lipinski definition) is 10. The molecule has 11 nitrogen and oxygen atoms in total. The van der Waals surface area contributed by atoms with Crippen molar-refractivity contribution in [3.63, 3.8) is 0 Å². The Morgan fingerprint density at radius 2 is 0.584 bits per heavy atom. The summed E-state index contributed by atoms with van der Waals surface area (Å²) in [7, 11) is 0. The lowest BCUT2D eigenvalue weighted by molar-refractivity contribution is -0.303. The normalized spacial score (nSPS) is 18.4. The molecule has 1 saturated heterocycles. The Bertz CT molecular complexity index is 1410. The molecule has 11 heteroatoms. The molecule has 0 aromatic heterocycles. The second kappa shape index (κ2) is 67.1.